The quantitative estimate of drug-likeness (QED) is 0.760. The summed E-state index contributed by atoms with van der Waals surface area (Å²) < 4.78 is 2.02. The summed E-state index contributed by atoms with van der Waals surface area (Å²) in [7, 11) is 1.99. The van der Waals surface area contributed by atoms with Gasteiger partial charge in [0, 0.05) is 57.9 Å². The SMILES string of the molecule is Cn1ccnc1CN1CCN(C(=O)C2CCN(c3ccccc3)C2=O)CC1. The standard InChI is InChI=1S/C20H25N5O2/c1-22-10-8-21-18(22)15-23-11-13-24(14-12-23)19(26)17-7-9-25(20(17)27)16-5-3-2-4-6-16/h2-6,8,10,17H,7,9,11-15H2,1H3. The number of para-hydroxylation sites is 1. The highest BCUT2D eigenvalue weighted by atomic mass is 16.2. The Labute approximate surface area is 159 Å². The smallest absolute Gasteiger partial charge is 0.239 e. The van der Waals surface area contributed by atoms with Crippen LogP contribution in [0.15, 0.2) is 42.7 Å². The van der Waals surface area contributed by atoms with E-state index >= 15 is 0 Å². The van der Waals surface area contributed by atoms with Gasteiger partial charge in [-0.25, -0.2) is 4.98 Å². The lowest BCUT2D eigenvalue weighted by Crippen LogP contribution is -2.51. The summed E-state index contributed by atoms with van der Waals surface area (Å²) in [6.07, 6.45) is 4.35. The van der Waals surface area contributed by atoms with E-state index in [1.165, 1.54) is 0 Å². The summed E-state index contributed by atoms with van der Waals surface area (Å²) in [6.45, 7) is 4.34. The van der Waals surface area contributed by atoms with E-state index < -0.39 is 5.92 Å². The molecule has 1 aromatic carbocycles. The van der Waals surface area contributed by atoms with Crippen LogP contribution >= 0.6 is 0 Å². The van der Waals surface area contributed by atoms with Crippen molar-refractivity contribution >= 4 is 17.5 Å². The van der Waals surface area contributed by atoms with E-state index in [1.54, 1.807) is 11.1 Å². The minimum atomic E-state index is -0.536. The summed E-state index contributed by atoms with van der Waals surface area (Å²) in [5.41, 5.74) is 0.873. The number of benzene rings is 1. The van der Waals surface area contributed by atoms with E-state index in [0.29, 0.717) is 26.1 Å². The number of piperazine rings is 1. The van der Waals surface area contributed by atoms with Crippen LogP contribution in [0.2, 0.25) is 0 Å². The van der Waals surface area contributed by atoms with Crippen LogP contribution in [0.25, 0.3) is 0 Å². The molecule has 2 aliphatic rings. The monoisotopic (exact) mass is 367 g/mol. The molecule has 1 unspecified atom stereocenters. The molecule has 0 spiro atoms. The third kappa shape index (κ3) is 3.60. The number of carbonyl (C=O) groups excluding carboxylic acids is 2. The molecule has 0 N–H and O–H groups in total. The first kappa shape index (κ1) is 17.7. The predicted octanol–water partition coefficient (Wildman–Crippen LogP) is 1.12. The number of imidazole rings is 1. The van der Waals surface area contributed by atoms with Crippen LogP contribution in [0.4, 0.5) is 5.69 Å². The molecule has 0 bridgehead atoms. The molecule has 1 aromatic heterocycles. The van der Waals surface area contributed by atoms with E-state index in [9.17, 15) is 9.59 Å². The molecule has 0 saturated carbocycles. The third-order valence-corrected chi connectivity index (χ3v) is 5.54. The Morgan fingerprint density at radius 2 is 1.85 bits per heavy atom. The minimum Gasteiger partial charge on any atom is -0.339 e. The summed E-state index contributed by atoms with van der Waals surface area (Å²) >= 11 is 0. The molecule has 3 heterocycles. The zero-order valence-electron chi connectivity index (χ0n) is 15.6. The maximum Gasteiger partial charge on any atom is 0.239 e. The van der Waals surface area contributed by atoms with E-state index in [0.717, 1.165) is 31.1 Å². The molecule has 2 aliphatic heterocycles. The molecule has 7 heteroatoms. The van der Waals surface area contributed by atoms with Crippen LogP contribution in [0.3, 0.4) is 0 Å². The maximum absolute atomic E-state index is 12.9. The highest BCUT2D eigenvalue weighted by molar-refractivity contribution is 6.09. The number of hydrogen-bond donors (Lipinski definition) is 0. The molecule has 0 radical (unpaired) electrons. The molecular weight excluding hydrogens is 342 g/mol. The average Bonchev–Trinajstić information content (AvgIpc) is 3.28. The Balaban J connectivity index is 1.33. The maximum atomic E-state index is 12.9. The van der Waals surface area contributed by atoms with Gasteiger partial charge < -0.3 is 14.4 Å². The van der Waals surface area contributed by atoms with Crippen LogP contribution in [-0.2, 0) is 23.2 Å². The van der Waals surface area contributed by atoms with Crippen molar-refractivity contribution in [2.24, 2.45) is 13.0 Å². The largest absolute Gasteiger partial charge is 0.339 e. The lowest BCUT2D eigenvalue weighted by Gasteiger charge is -2.35. The topological polar surface area (TPSA) is 61.7 Å². The Bertz CT molecular complexity index is 811. The molecule has 4 rings (SSSR count). The number of carbonyl (C=O) groups is 2. The van der Waals surface area contributed by atoms with Gasteiger partial charge in [0.15, 0.2) is 0 Å². The second-order valence-corrected chi connectivity index (χ2v) is 7.22. The first-order chi connectivity index (χ1) is 13.1. The van der Waals surface area contributed by atoms with Gasteiger partial charge in [0.1, 0.15) is 11.7 Å². The Kier molecular flexibility index (Phi) is 4.94. The summed E-state index contributed by atoms with van der Waals surface area (Å²) in [5, 5.41) is 0. The van der Waals surface area contributed by atoms with Gasteiger partial charge in [-0.3, -0.25) is 14.5 Å². The molecule has 2 amide bonds. The molecule has 0 aliphatic carbocycles. The second-order valence-electron chi connectivity index (χ2n) is 7.22. The van der Waals surface area contributed by atoms with Gasteiger partial charge in [-0.2, -0.15) is 0 Å². The molecule has 2 fully saturated rings. The zero-order chi connectivity index (χ0) is 18.8. The van der Waals surface area contributed by atoms with Crippen molar-refractivity contribution in [1.82, 2.24) is 19.4 Å². The average molecular weight is 367 g/mol. The van der Waals surface area contributed by atoms with E-state index in [4.69, 9.17) is 0 Å². The molecular formula is C20H25N5O2. The van der Waals surface area contributed by atoms with Gasteiger partial charge >= 0.3 is 0 Å². The molecule has 2 saturated heterocycles. The Morgan fingerprint density at radius 3 is 2.52 bits per heavy atom. The fourth-order valence-electron chi connectivity index (χ4n) is 3.87. The first-order valence-electron chi connectivity index (χ1n) is 9.47. The van der Waals surface area contributed by atoms with Gasteiger partial charge in [-0.1, -0.05) is 18.2 Å². The number of amides is 2. The van der Waals surface area contributed by atoms with Crippen molar-refractivity contribution < 1.29 is 9.59 Å². The van der Waals surface area contributed by atoms with Crippen molar-refractivity contribution in [1.29, 1.82) is 0 Å². The zero-order valence-corrected chi connectivity index (χ0v) is 15.6. The highest BCUT2D eigenvalue weighted by Gasteiger charge is 2.40. The van der Waals surface area contributed by atoms with Crippen molar-refractivity contribution in [2.75, 3.05) is 37.6 Å². The van der Waals surface area contributed by atoms with Crippen molar-refractivity contribution in [3.05, 3.63) is 48.5 Å². The normalized spacial score (nSPS) is 21.1. The van der Waals surface area contributed by atoms with Gasteiger partial charge in [0.25, 0.3) is 0 Å². The van der Waals surface area contributed by atoms with E-state index in [-0.39, 0.29) is 11.8 Å². The highest BCUT2D eigenvalue weighted by Crippen LogP contribution is 2.26. The predicted molar refractivity (Wildman–Crippen MR) is 102 cm³/mol. The number of rotatable bonds is 4. The molecule has 27 heavy (non-hydrogen) atoms. The molecule has 1 atom stereocenters. The Hall–Kier alpha value is -2.67. The lowest BCUT2D eigenvalue weighted by molar-refractivity contribution is -0.141. The Morgan fingerprint density at radius 1 is 1.11 bits per heavy atom. The molecule has 7 nitrogen and oxygen atoms in total. The van der Waals surface area contributed by atoms with Gasteiger partial charge in [-0.15, -0.1) is 0 Å². The van der Waals surface area contributed by atoms with Crippen LogP contribution in [0.5, 0.6) is 0 Å². The van der Waals surface area contributed by atoms with E-state index in [2.05, 4.69) is 9.88 Å². The van der Waals surface area contributed by atoms with Crippen molar-refractivity contribution in [2.45, 2.75) is 13.0 Å². The summed E-state index contributed by atoms with van der Waals surface area (Å²) in [4.78, 5) is 35.9. The van der Waals surface area contributed by atoms with E-state index in [1.807, 2.05) is 53.0 Å². The van der Waals surface area contributed by atoms with Crippen molar-refractivity contribution in [3.8, 4) is 0 Å². The van der Waals surface area contributed by atoms with Crippen molar-refractivity contribution in [3.63, 3.8) is 0 Å². The van der Waals surface area contributed by atoms with Crippen LogP contribution < -0.4 is 4.90 Å². The van der Waals surface area contributed by atoms with Crippen LogP contribution in [-0.4, -0.2) is 63.9 Å². The fourth-order valence-corrected chi connectivity index (χ4v) is 3.87. The van der Waals surface area contributed by atoms with Gasteiger partial charge in [-0.05, 0) is 18.6 Å². The van der Waals surface area contributed by atoms with Gasteiger partial charge in [0.2, 0.25) is 11.8 Å². The van der Waals surface area contributed by atoms with Gasteiger partial charge in [0.05, 0.1) is 6.54 Å². The molecule has 2 aromatic rings. The lowest BCUT2D eigenvalue weighted by atomic mass is 10.1. The number of aryl methyl sites for hydroxylation is 1. The number of nitrogens with zero attached hydrogens (tertiary/aromatic N) is 5. The summed E-state index contributed by atoms with van der Waals surface area (Å²) in [5.74, 6) is 0.405. The second kappa shape index (κ2) is 7.52. The third-order valence-electron chi connectivity index (χ3n) is 5.54. The summed E-state index contributed by atoms with van der Waals surface area (Å²) in [6, 6.07) is 9.59. The van der Waals surface area contributed by atoms with Crippen LogP contribution in [0, 0.1) is 5.92 Å². The number of anilines is 1. The van der Waals surface area contributed by atoms with Crippen LogP contribution in [0.1, 0.15) is 12.2 Å². The first-order valence-corrected chi connectivity index (χ1v) is 9.47. The number of aromatic nitrogens is 2. The number of hydrogen-bond acceptors (Lipinski definition) is 4. The fraction of sp³-hybridized carbons (Fsp3) is 0.450. The minimum absolute atomic E-state index is 0.0185. The molecule has 142 valence electrons.